The van der Waals surface area contributed by atoms with Crippen LogP contribution in [0.2, 0.25) is 0 Å². The van der Waals surface area contributed by atoms with Crippen molar-refractivity contribution in [2.75, 3.05) is 0 Å². The predicted octanol–water partition coefficient (Wildman–Crippen LogP) is 12.6. The minimum absolute atomic E-state index is 0.851. The predicted molar refractivity (Wildman–Crippen MR) is 223 cm³/mol. The van der Waals surface area contributed by atoms with E-state index in [4.69, 9.17) is 4.74 Å². The summed E-state index contributed by atoms with van der Waals surface area (Å²) in [5.41, 5.74) is 10.8. The molecule has 10 aromatic rings. The summed E-state index contributed by atoms with van der Waals surface area (Å²) in [6.07, 6.45) is 5.46. The van der Waals surface area contributed by atoms with Crippen LogP contribution in [-0.2, 0) is 12.8 Å². The van der Waals surface area contributed by atoms with Crippen molar-refractivity contribution in [2.45, 2.75) is 22.6 Å². The third-order valence-corrected chi connectivity index (χ3v) is 10.9. The molecule has 12 rings (SSSR count). The van der Waals surface area contributed by atoms with E-state index in [0.717, 1.165) is 46.4 Å². The van der Waals surface area contributed by atoms with E-state index in [1.165, 1.54) is 53.9 Å². The van der Waals surface area contributed by atoms with Crippen LogP contribution >= 0.6 is 11.8 Å². The molecule has 0 fully saturated rings. The molecule has 54 heavy (non-hydrogen) atoms. The van der Waals surface area contributed by atoms with Gasteiger partial charge in [-0.25, -0.2) is 4.98 Å². The van der Waals surface area contributed by atoms with Gasteiger partial charge in [0.2, 0.25) is 0 Å². The highest BCUT2D eigenvalue weighted by atomic mass is 32.2. The molecule has 0 spiro atoms. The average Bonchev–Trinajstić information content (AvgIpc) is 3.81. The molecule has 0 unspecified atom stereocenters. The van der Waals surface area contributed by atoms with Gasteiger partial charge in [-0.3, -0.25) is 4.98 Å². The number of hydrogen-bond acceptors (Lipinski definition) is 4. The van der Waals surface area contributed by atoms with Crippen molar-refractivity contribution in [3.8, 4) is 11.5 Å². The van der Waals surface area contributed by atoms with Crippen LogP contribution in [0.1, 0.15) is 22.3 Å². The molecule has 0 radical (unpaired) electrons. The molecule has 0 aliphatic carbocycles. The summed E-state index contributed by atoms with van der Waals surface area (Å²) >= 11 is 1.88. The first-order valence-electron chi connectivity index (χ1n) is 18.1. The lowest BCUT2D eigenvalue weighted by atomic mass is 10.0. The van der Waals surface area contributed by atoms with Gasteiger partial charge in [0, 0.05) is 61.3 Å². The molecule has 0 atom stereocenters. The Bertz CT molecular complexity index is 2400. The lowest BCUT2D eigenvalue weighted by Gasteiger charge is -2.19. The second-order valence-electron chi connectivity index (χ2n) is 13.1. The van der Waals surface area contributed by atoms with Crippen LogP contribution in [-0.4, -0.2) is 19.9 Å². The number of fused-ring (bicyclic) bond motifs is 10. The molecule has 0 amide bonds. The molecule has 2 aliphatic heterocycles. The van der Waals surface area contributed by atoms with Crippen molar-refractivity contribution in [1.29, 1.82) is 0 Å². The Morgan fingerprint density at radius 3 is 1.43 bits per heavy atom. The van der Waals surface area contributed by atoms with Gasteiger partial charge in [0.1, 0.15) is 17.0 Å². The van der Waals surface area contributed by atoms with Gasteiger partial charge >= 0.3 is 0 Å². The lowest BCUT2D eigenvalue weighted by molar-refractivity contribution is 0.460. The summed E-state index contributed by atoms with van der Waals surface area (Å²) in [5, 5.41) is 3.74. The monoisotopic (exact) mass is 716 g/mol. The quantitative estimate of drug-likeness (QED) is 0.164. The number of ether oxygens (including phenoxy) is 1. The number of nitrogens with one attached hydrogen (secondary N) is 2. The van der Waals surface area contributed by atoms with Crippen LogP contribution in [0.25, 0.3) is 43.9 Å². The van der Waals surface area contributed by atoms with Crippen molar-refractivity contribution in [3.63, 3.8) is 0 Å². The fraction of sp³-hybridized carbons (Fsp3) is 0.0417. The molecule has 0 saturated carbocycles. The SMILES string of the molecule is c1ccc2c(c1)Cc1ccccc1O2.c1ccc2c(c1)Cc1ccccc1S2.c1ccc2c(c1)[nH]c1ccccc12.c1ccc2c(c1)[nH]c1nccnc12. The maximum absolute atomic E-state index is 5.78. The number of aromatic nitrogens is 4. The van der Waals surface area contributed by atoms with Gasteiger partial charge in [0.25, 0.3) is 0 Å². The Hall–Kier alpha value is -6.63. The number of para-hydroxylation sites is 5. The number of nitrogens with zero attached hydrogens (tertiary/aromatic N) is 2. The van der Waals surface area contributed by atoms with E-state index in [-0.39, 0.29) is 0 Å². The van der Waals surface area contributed by atoms with E-state index in [1.54, 1.807) is 12.4 Å². The van der Waals surface area contributed by atoms with Gasteiger partial charge in [0.15, 0.2) is 5.65 Å². The smallest absolute Gasteiger partial charge is 0.157 e. The van der Waals surface area contributed by atoms with Gasteiger partial charge in [0.05, 0.1) is 0 Å². The zero-order chi connectivity index (χ0) is 36.1. The van der Waals surface area contributed by atoms with Gasteiger partial charge in [-0.2, -0.15) is 0 Å². The third kappa shape index (κ3) is 6.95. The number of hydrogen-bond donors (Lipinski definition) is 2. The van der Waals surface area contributed by atoms with Crippen molar-refractivity contribution in [1.82, 2.24) is 19.9 Å². The van der Waals surface area contributed by atoms with Gasteiger partial charge in [-0.1, -0.05) is 139 Å². The Morgan fingerprint density at radius 1 is 0.407 bits per heavy atom. The zero-order valence-corrected chi connectivity index (χ0v) is 30.3. The first-order chi connectivity index (χ1) is 26.8. The fourth-order valence-electron chi connectivity index (χ4n) is 7.00. The van der Waals surface area contributed by atoms with Crippen LogP contribution < -0.4 is 4.74 Å². The van der Waals surface area contributed by atoms with Crippen molar-refractivity contribution in [3.05, 3.63) is 205 Å². The Morgan fingerprint density at radius 2 is 0.833 bits per heavy atom. The molecule has 0 saturated heterocycles. The molecule has 0 bridgehead atoms. The highest BCUT2D eigenvalue weighted by molar-refractivity contribution is 7.99. The van der Waals surface area contributed by atoms with Gasteiger partial charge in [-0.05, 0) is 71.1 Å². The van der Waals surface area contributed by atoms with Crippen LogP contribution in [0.5, 0.6) is 11.5 Å². The molecular weight excluding hydrogens is 681 g/mol. The highest BCUT2D eigenvalue weighted by Crippen LogP contribution is 2.39. The lowest BCUT2D eigenvalue weighted by Crippen LogP contribution is -2.01. The van der Waals surface area contributed by atoms with Gasteiger partial charge < -0.3 is 14.7 Å². The van der Waals surface area contributed by atoms with E-state index >= 15 is 0 Å². The normalized spacial score (nSPS) is 12.0. The topological polar surface area (TPSA) is 66.6 Å². The molecule has 7 aromatic carbocycles. The van der Waals surface area contributed by atoms with E-state index in [1.807, 2.05) is 60.3 Å². The summed E-state index contributed by atoms with van der Waals surface area (Å²) in [4.78, 5) is 17.9. The minimum atomic E-state index is 0.851. The van der Waals surface area contributed by atoms with Crippen molar-refractivity contribution >= 4 is 55.6 Å². The summed E-state index contributed by atoms with van der Waals surface area (Å²) in [5.74, 6) is 1.98. The second-order valence-corrected chi connectivity index (χ2v) is 14.2. The molecule has 5 nitrogen and oxygen atoms in total. The molecule has 260 valence electrons. The number of benzene rings is 7. The van der Waals surface area contributed by atoms with Crippen molar-refractivity contribution in [2.24, 2.45) is 0 Å². The molecule has 2 aliphatic rings. The first-order valence-corrected chi connectivity index (χ1v) is 18.9. The van der Waals surface area contributed by atoms with Crippen LogP contribution in [0, 0.1) is 0 Å². The van der Waals surface area contributed by atoms with Crippen LogP contribution in [0.3, 0.4) is 0 Å². The number of aromatic amines is 2. The number of rotatable bonds is 0. The minimum Gasteiger partial charge on any atom is -0.457 e. The fourth-order valence-corrected chi connectivity index (χ4v) is 8.07. The second kappa shape index (κ2) is 15.2. The van der Waals surface area contributed by atoms with E-state index < -0.39 is 0 Å². The Balaban J connectivity index is 0.0000000950. The summed E-state index contributed by atoms with van der Waals surface area (Å²) in [6.45, 7) is 0. The zero-order valence-electron chi connectivity index (χ0n) is 29.4. The molecule has 6 heteroatoms. The largest absolute Gasteiger partial charge is 0.457 e. The maximum Gasteiger partial charge on any atom is 0.157 e. The molecule has 5 heterocycles. The Labute approximate surface area is 317 Å². The van der Waals surface area contributed by atoms with Crippen LogP contribution in [0.4, 0.5) is 0 Å². The first kappa shape index (κ1) is 33.2. The summed E-state index contributed by atoms with van der Waals surface area (Å²) in [7, 11) is 0. The average molecular weight is 717 g/mol. The molecule has 3 aromatic heterocycles. The van der Waals surface area contributed by atoms with E-state index in [9.17, 15) is 0 Å². The van der Waals surface area contributed by atoms with E-state index in [0.29, 0.717) is 0 Å². The van der Waals surface area contributed by atoms with E-state index in [2.05, 4.69) is 141 Å². The summed E-state index contributed by atoms with van der Waals surface area (Å²) < 4.78 is 5.78. The van der Waals surface area contributed by atoms with Crippen LogP contribution in [0.15, 0.2) is 192 Å². The third-order valence-electron chi connectivity index (χ3n) is 9.64. The molecule has 2 N–H and O–H groups in total. The Kier molecular flexibility index (Phi) is 9.32. The highest BCUT2D eigenvalue weighted by Gasteiger charge is 2.15. The summed E-state index contributed by atoms with van der Waals surface area (Å²) in [6, 6.07) is 58.5. The van der Waals surface area contributed by atoms with Gasteiger partial charge in [-0.15, -0.1) is 0 Å². The number of H-pyrrole nitrogens is 2. The standard InChI is InChI=1S/C13H10O.C13H10S.C12H9N.C10H7N3/c2*1-3-7-12-10(5-1)9-11-6-2-4-8-13(11)14-12;1-3-7-11-9(5-1)10-6-2-4-8-12(10)13-11;1-2-4-8-7(3-1)9-10(13-8)12-6-5-11-9/h2*1-8H,9H2;1-8,13H;1-6H,(H,12,13). The molecular formula is C48H36N4OS. The maximum atomic E-state index is 5.78. The van der Waals surface area contributed by atoms with Crippen molar-refractivity contribution < 1.29 is 4.74 Å².